The Balaban J connectivity index is 1.14. The number of nitrogens with zero attached hydrogens (tertiary/aromatic N) is 2. The third-order valence-electron chi connectivity index (χ3n) is 6.78. The van der Waals surface area contributed by atoms with E-state index in [1.807, 2.05) is 6.07 Å². The van der Waals surface area contributed by atoms with Crippen molar-refractivity contribution in [2.75, 3.05) is 32.7 Å². The maximum atomic E-state index is 12.6. The number of hydrogen-bond acceptors (Lipinski definition) is 3. The Morgan fingerprint density at radius 2 is 1.40 bits per heavy atom. The fourth-order valence-electron chi connectivity index (χ4n) is 4.93. The minimum absolute atomic E-state index is 0.190. The molecule has 2 aromatic carbocycles. The molecule has 2 fully saturated rings. The first-order valence-corrected chi connectivity index (χ1v) is 11.6. The van der Waals surface area contributed by atoms with E-state index in [0.29, 0.717) is 6.04 Å². The summed E-state index contributed by atoms with van der Waals surface area (Å²) in [6, 6.07) is 21.9. The van der Waals surface area contributed by atoms with Crippen LogP contribution in [-0.4, -0.2) is 54.5 Å². The summed E-state index contributed by atoms with van der Waals surface area (Å²) >= 11 is 0. The van der Waals surface area contributed by atoms with E-state index in [2.05, 4.69) is 69.7 Å². The van der Waals surface area contributed by atoms with Gasteiger partial charge in [-0.25, -0.2) is 0 Å². The summed E-state index contributed by atoms with van der Waals surface area (Å²) in [5.41, 5.74) is 2.70. The Labute approximate surface area is 181 Å². The van der Waals surface area contributed by atoms with Gasteiger partial charge in [0.1, 0.15) is 0 Å². The third-order valence-corrected chi connectivity index (χ3v) is 6.78. The number of likely N-dealkylation sites (tertiary alicyclic amines) is 2. The van der Waals surface area contributed by atoms with Crippen molar-refractivity contribution in [2.24, 2.45) is 5.92 Å². The van der Waals surface area contributed by atoms with Crippen molar-refractivity contribution in [2.45, 2.75) is 44.7 Å². The predicted molar refractivity (Wildman–Crippen MR) is 122 cm³/mol. The zero-order valence-corrected chi connectivity index (χ0v) is 18.0. The van der Waals surface area contributed by atoms with Gasteiger partial charge in [-0.3, -0.25) is 9.69 Å². The lowest BCUT2D eigenvalue weighted by atomic mass is 9.92. The van der Waals surface area contributed by atoms with Crippen molar-refractivity contribution in [3.8, 4) is 0 Å². The van der Waals surface area contributed by atoms with Gasteiger partial charge < -0.3 is 10.2 Å². The van der Waals surface area contributed by atoms with Gasteiger partial charge in [0.2, 0.25) is 5.91 Å². The molecule has 0 unspecified atom stereocenters. The molecule has 0 bridgehead atoms. The Kier molecular flexibility index (Phi) is 7.54. The van der Waals surface area contributed by atoms with Crippen molar-refractivity contribution in [1.82, 2.24) is 15.1 Å². The summed E-state index contributed by atoms with van der Waals surface area (Å²) in [7, 11) is 0. The number of benzene rings is 2. The van der Waals surface area contributed by atoms with Crippen LogP contribution in [0.3, 0.4) is 0 Å². The first-order valence-electron chi connectivity index (χ1n) is 11.6. The van der Waals surface area contributed by atoms with E-state index >= 15 is 0 Å². The maximum absolute atomic E-state index is 12.6. The SMILES string of the molecule is O=C(NCCc1ccccc1)C1CCN(C2CCN(Cc3ccccc3)CC2)CC1. The van der Waals surface area contributed by atoms with Crippen LogP contribution >= 0.6 is 0 Å². The van der Waals surface area contributed by atoms with Crippen molar-refractivity contribution in [3.63, 3.8) is 0 Å². The minimum atomic E-state index is 0.190. The predicted octanol–water partition coefficient (Wildman–Crippen LogP) is 3.72. The summed E-state index contributed by atoms with van der Waals surface area (Å²) in [4.78, 5) is 17.8. The van der Waals surface area contributed by atoms with E-state index in [-0.39, 0.29) is 11.8 Å². The lowest BCUT2D eigenvalue weighted by molar-refractivity contribution is -0.126. The second-order valence-corrected chi connectivity index (χ2v) is 8.83. The molecule has 2 aromatic rings. The minimum Gasteiger partial charge on any atom is -0.356 e. The highest BCUT2D eigenvalue weighted by atomic mass is 16.1. The molecule has 0 radical (unpaired) electrons. The van der Waals surface area contributed by atoms with E-state index in [9.17, 15) is 4.79 Å². The van der Waals surface area contributed by atoms with Gasteiger partial charge in [0.05, 0.1) is 0 Å². The van der Waals surface area contributed by atoms with Gasteiger partial charge in [0, 0.05) is 25.0 Å². The Hall–Kier alpha value is -2.17. The quantitative estimate of drug-likeness (QED) is 0.763. The van der Waals surface area contributed by atoms with E-state index in [0.717, 1.165) is 45.4 Å². The van der Waals surface area contributed by atoms with Gasteiger partial charge in [0.15, 0.2) is 0 Å². The van der Waals surface area contributed by atoms with Crippen LogP contribution in [0.4, 0.5) is 0 Å². The average molecular weight is 406 g/mol. The van der Waals surface area contributed by atoms with Gasteiger partial charge in [-0.2, -0.15) is 0 Å². The summed E-state index contributed by atoms with van der Waals surface area (Å²) < 4.78 is 0. The van der Waals surface area contributed by atoms with Gasteiger partial charge in [0.25, 0.3) is 0 Å². The zero-order valence-electron chi connectivity index (χ0n) is 18.0. The fraction of sp³-hybridized carbons (Fsp3) is 0.500. The zero-order chi connectivity index (χ0) is 20.6. The second kappa shape index (κ2) is 10.7. The lowest BCUT2D eigenvalue weighted by Gasteiger charge is -2.41. The fourth-order valence-corrected chi connectivity index (χ4v) is 4.93. The molecule has 2 heterocycles. The number of hydrogen-bond donors (Lipinski definition) is 1. The normalized spacial score (nSPS) is 19.6. The van der Waals surface area contributed by atoms with Gasteiger partial charge in [-0.05, 0) is 69.4 Å². The van der Waals surface area contributed by atoms with Crippen LogP contribution in [0.1, 0.15) is 36.8 Å². The Morgan fingerprint density at radius 1 is 0.800 bits per heavy atom. The molecule has 2 aliphatic heterocycles. The molecule has 160 valence electrons. The van der Waals surface area contributed by atoms with Crippen LogP contribution in [0.25, 0.3) is 0 Å². The lowest BCUT2D eigenvalue weighted by Crippen LogP contribution is -2.49. The number of amides is 1. The number of piperidine rings is 2. The molecular formula is C26H35N3O. The highest BCUT2D eigenvalue weighted by Gasteiger charge is 2.30. The third kappa shape index (κ3) is 5.93. The van der Waals surface area contributed by atoms with E-state index < -0.39 is 0 Å². The molecule has 0 aliphatic carbocycles. The molecule has 1 amide bonds. The van der Waals surface area contributed by atoms with Crippen LogP contribution < -0.4 is 5.32 Å². The highest BCUT2D eigenvalue weighted by Crippen LogP contribution is 2.24. The van der Waals surface area contributed by atoms with Gasteiger partial charge in [-0.15, -0.1) is 0 Å². The number of nitrogens with one attached hydrogen (secondary N) is 1. The Bertz CT molecular complexity index is 763. The molecule has 0 saturated carbocycles. The van der Waals surface area contributed by atoms with Crippen LogP contribution in [0, 0.1) is 5.92 Å². The van der Waals surface area contributed by atoms with Gasteiger partial charge in [-0.1, -0.05) is 60.7 Å². The summed E-state index contributed by atoms with van der Waals surface area (Å²) in [6.45, 7) is 6.31. The molecule has 4 heteroatoms. The first-order chi connectivity index (χ1) is 14.8. The molecule has 2 saturated heterocycles. The number of carbonyl (C=O) groups excluding carboxylic acids is 1. The highest BCUT2D eigenvalue weighted by molar-refractivity contribution is 5.78. The van der Waals surface area contributed by atoms with Crippen molar-refractivity contribution in [3.05, 3.63) is 71.8 Å². The van der Waals surface area contributed by atoms with Crippen LogP contribution in [0.15, 0.2) is 60.7 Å². The number of carbonyl (C=O) groups is 1. The van der Waals surface area contributed by atoms with Crippen LogP contribution in [0.2, 0.25) is 0 Å². The smallest absolute Gasteiger partial charge is 0.223 e. The van der Waals surface area contributed by atoms with Crippen molar-refractivity contribution in [1.29, 1.82) is 0 Å². The Morgan fingerprint density at radius 3 is 2.03 bits per heavy atom. The molecule has 0 aromatic heterocycles. The summed E-state index contributed by atoms with van der Waals surface area (Å²) in [5, 5.41) is 3.16. The van der Waals surface area contributed by atoms with Crippen LogP contribution in [0.5, 0.6) is 0 Å². The monoisotopic (exact) mass is 405 g/mol. The van der Waals surface area contributed by atoms with E-state index in [1.54, 1.807) is 0 Å². The molecule has 2 aliphatic rings. The molecule has 0 spiro atoms. The first kappa shape index (κ1) is 21.1. The summed E-state index contributed by atoms with van der Waals surface area (Å²) in [5.74, 6) is 0.443. The largest absolute Gasteiger partial charge is 0.356 e. The average Bonchev–Trinajstić information content (AvgIpc) is 2.81. The molecular weight excluding hydrogens is 370 g/mol. The standard InChI is InChI=1S/C26H35N3O/c30-26(27-16-11-22-7-3-1-4-8-22)24-12-19-29(20-13-24)25-14-17-28(18-15-25)21-23-9-5-2-6-10-23/h1-10,24-25H,11-21H2,(H,27,30). The topological polar surface area (TPSA) is 35.6 Å². The van der Waals surface area contributed by atoms with Crippen molar-refractivity contribution < 1.29 is 4.79 Å². The van der Waals surface area contributed by atoms with E-state index in [1.165, 1.54) is 37.1 Å². The molecule has 0 atom stereocenters. The molecule has 4 rings (SSSR count). The van der Waals surface area contributed by atoms with E-state index in [4.69, 9.17) is 0 Å². The van der Waals surface area contributed by atoms with Crippen LogP contribution in [-0.2, 0) is 17.8 Å². The molecule has 4 nitrogen and oxygen atoms in total. The molecule has 1 N–H and O–H groups in total. The maximum Gasteiger partial charge on any atom is 0.223 e. The summed E-state index contributed by atoms with van der Waals surface area (Å²) in [6.07, 6.45) is 5.41. The number of rotatable bonds is 7. The second-order valence-electron chi connectivity index (χ2n) is 8.83. The van der Waals surface area contributed by atoms with Gasteiger partial charge >= 0.3 is 0 Å². The molecule has 30 heavy (non-hydrogen) atoms. The van der Waals surface area contributed by atoms with Crippen molar-refractivity contribution >= 4 is 5.91 Å².